The van der Waals surface area contributed by atoms with E-state index in [-0.39, 0.29) is 17.7 Å². The van der Waals surface area contributed by atoms with E-state index in [1.807, 2.05) is 6.92 Å². The maximum atomic E-state index is 5.91. The highest BCUT2D eigenvalue weighted by molar-refractivity contribution is 4.91. The normalized spacial score (nSPS) is 31.3. The van der Waals surface area contributed by atoms with Crippen LogP contribution in [-0.2, 0) is 9.47 Å². The second kappa shape index (κ2) is 5.96. The lowest BCUT2D eigenvalue weighted by molar-refractivity contribution is -0.111. The topological polar surface area (TPSA) is 47.7 Å². The lowest BCUT2D eigenvalue weighted by Gasteiger charge is -2.46. The standard InChI is InChI=1S/C12H26N2O2/c1-5-15-9-12(4,8-13)14-6-10(2)16-11(3)7-14/h10-11H,5-9,13H2,1-4H3. The monoisotopic (exact) mass is 230 g/mol. The zero-order valence-corrected chi connectivity index (χ0v) is 11.0. The molecule has 3 unspecified atom stereocenters. The average molecular weight is 230 g/mol. The third-order valence-corrected chi connectivity index (χ3v) is 3.24. The van der Waals surface area contributed by atoms with Gasteiger partial charge in [0.05, 0.1) is 24.4 Å². The van der Waals surface area contributed by atoms with Gasteiger partial charge in [0.2, 0.25) is 0 Å². The number of hydrogen-bond acceptors (Lipinski definition) is 4. The molecule has 3 atom stereocenters. The Morgan fingerprint density at radius 3 is 2.38 bits per heavy atom. The highest BCUT2D eigenvalue weighted by atomic mass is 16.5. The first kappa shape index (κ1) is 13.9. The average Bonchev–Trinajstić information content (AvgIpc) is 2.24. The second-order valence-corrected chi connectivity index (χ2v) is 5.00. The Bertz CT molecular complexity index is 203. The van der Waals surface area contributed by atoms with Crippen molar-refractivity contribution in [3.05, 3.63) is 0 Å². The molecule has 16 heavy (non-hydrogen) atoms. The Kier molecular flexibility index (Phi) is 5.18. The molecule has 0 radical (unpaired) electrons. The summed E-state index contributed by atoms with van der Waals surface area (Å²) in [4.78, 5) is 2.40. The number of nitrogens with two attached hydrogens (primary N) is 1. The molecular weight excluding hydrogens is 204 g/mol. The quantitative estimate of drug-likeness (QED) is 0.760. The summed E-state index contributed by atoms with van der Waals surface area (Å²) in [7, 11) is 0. The molecule has 1 aliphatic rings. The summed E-state index contributed by atoms with van der Waals surface area (Å²) in [5, 5.41) is 0. The van der Waals surface area contributed by atoms with Gasteiger partial charge in [-0.05, 0) is 27.7 Å². The third kappa shape index (κ3) is 3.42. The molecule has 0 saturated carbocycles. The van der Waals surface area contributed by atoms with Crippen molar-refractivity contribution < 1.29 is 9.47 Å². The fourth-order valence-electron chi connectivity index (χ4n) is 2.22. The van der Waals surface area contributed by atoms with E-state index < -0.39 is 0 Å². The van der Waals surface area contributed by atoms with Crippen molar-refractivity contribution in [3.63, 3.8) is 0 Å². The van der Waals surface area contributed by atoms with Crippen molar-refractivity contribution in [3.8, 4) is 0 Å². The van der Waals surface area contributed by atoms with Crippen molar-refractivity contribution in [1.29, 1.82) is 0 Å². The molecular formula is C12H26N2O2. The predicted octanol–water partition coefficient (Wildman–Crippen LogP) is 0.850. The third-order valence-electron chi connectivity index (χ3n) is 3.24. The second-order valence-electron chi connectivity index (χ2n) is 5.00. The molecule has 0 bridgehead atoms. The molecule has 0 aliphatic carbocycles. The van der Waals surface area contributed by atoms with Crippen LogP contribution < -0.4 is 5.73 Å². The van der Waals surface area contributed by atoms with E-state index in [9.17, 15) is 0 Å². The fraction of sp³-hybridized carbons (Fsp3) is 1.00. The number of rotatable bonds is 5. The minimum absolute atomic E-state index is 0.0672. The molecule has 4 heteroatoms. The summed E-state index contributed by atoms with van der Waals surface area (Å²) in [5.41, 5.74) is 5.84. The number of morpholine rings is 1. The Labute approximate surface area is 99.1 Å². The summed E-state index contributed by atoms with van der Waals surface area (Å²) in [6.07, 6.45) is 0.549. The van der Waals surface area contributed by atoms with Crippen LogP contribution in [0.25, 0.3) is 0 Å². The first-order valence-electron chi connectivity index (χ1n) is 6.20. The molecule has 96 valence electrons. The van der Waals surface area contributed by atoms with E-state index in [2.05, 4.69) is 25.7 Å². The van der Waals surface area contributed by atoms with Crippen LogP contribution in [0.1, 0.15) is 27.7 Å². The van der Waals surface area contributed by atoms with E-state index in [0.717, 1.165) is 19.7 Å². The first-order valence-corrected chi connectivity index (χ1v) is 6.20. The van der Waals surface area contributed by atoms with Crippen LogP contribution in [0, 0.1) is 0 Å². The van der Waals surface area contributed by atoms with E-state index in [1.54, 1.807) is 0 Å². The summed E-state index contributed by atoms with van der Waals surface area (Å²) in [6, 6.07) is 0. The molecule has 0 aromatic heterocycles. The molecule has 2 N–H and O–H groups in total. The van der Waals surface area contributed by atoms with Gasteiger partial charge in [-0.3, -0.25) is 4.90 Å². The number of hydrogen-bond donors (Lipinski definition) is 1. The van der Waals surface area contributed by atoms with Crippen LogP contribution in [0.2, 0.25) is 0 Å². The molecule has 1 aliphatic heterocycles. The highest BCUT2D eigenvalue weighted by Crippen LogP contribution is 2.21. The van der Waals surface area contributed by atoms with Crippen molar-refractivity contribution in [2.45, 2.75) is 45.4 Å². The smallest absolute Gasteiger partial charge is 0.0678 e. The molecule has 0 aromatic rings. The van der Waals surface area contributed by atoms with Gasteiger partial charge in [-0.2, -0.15) is 0 Å². The largest absolute Gasteiger partial charge is 0.380 e. The molecule has 0 spiro atoms. The minimum Gasteiger partial charge on any atom is -0.380 e. The van der Waals surface area contributed by atoms with Crippen LogP contribution in [-0.4, -0.2) is 55.5 Å². The lowest BCUT2D eigenvalue weighted by Crippen LogP contribution is -2.61. The van der Waals surface area contributed by atoms with Crippen LogP contribution >= 0.6 is 0 Å². The minimum atomic E-state index is -0.0672. The molecule has 0 amide bonds. The molecule has 0 aromatic carbocycles. The highest BCUT2D eigenvalue weighted by Gasteiger charge is 2.35. The Balaban J connectivity index is 2.63. The summed E-state index contributed by atoms with van der Waals surface area (Å²) < 4.78 is 11.3. The van der Waals surface area contributed by atoms with Gasteiger partial charge in [0.25, 0.3) is 0 Å². The van der Waals surface area contributed by atoms with Crippen LogP contribution in [0.15, 0.2) is 0 Å². The number of nitrogens with zero attached hydrogens (tertiary/aromatic N) is 1. The number of ether oxygens (including phenoxy) is 2. The van der Waals surface area contributed by atoms with Crippen LogP contribution in [0.3, 0.4) is 0 Å². The van der Waals surface area contributed by atoms with Gasteiger partial charge in [0.1, 0.15) is 0 Å². The van der Waals surface area contributed by atoms with Gasteiger partial charge in [0.15, 0.2) is 0 Å². The molecule has 4 nitrogen and oxygen atoms in total. The summed E-state index contributed by atoms with van der Waals surface area (Å²) in [5.74, 6) is 0. The van der Waals surface area contributed by atoms with Gasteiger partial charge in [-0.15, -0.1) is 0 Å². The Morgan fingerprint density at radius 1 is 1.38 bits per heavy atom. The molecule has 1 saturated heterocycles. The van der Waals surface area contributed by atoms with Gasteiger partial charge in [-0.1, -0.05) is 0 Å². The SMILES string of the molecule is CCOCC(C)(CN)N1CC(C)OC(C)C1. The van der Waals surface area contributed by atoms with E-state index in [4.69, 9.17) is 15.2 Å². The van der Waals surface area contributed by atoms with Crippen molar-refractivity contribution in [2.24, 2.45) is 5.73 Å². The predicted molar refractivity (Wildman–Crippen MR) is 65.5 cm³/mol. The first-order chi connectivity index (χ1) is 7.51. The van der Waals surface area contributed by atoms with Crippen molar-refractivity contribution in [1.82, 2.24) is 4.90 Å². The maximum Gasteiger partial charge on any atom is 0.0678 e. The Hall–Kier alpha value is -0.160. The van der Waals surface area contributed by atoms with E-state index >= 15 is 0 Å². The molecule has 1 rings (SSSR count). The fourth-order valence-corrected chi connectivity index (χ4v) is 2.22. The summed E-state index contributed by atoms with van der Waals surface area (Å²) >= 11 is 0. The van der Waals surface area contributed by atoms with E-state index in [0.29, 0.717) is 13.2 Å². The van der Waals surface area contributed by atoms with Crippen molar-refractivity contribution in [2.75, 3.05) is 32.8 Å². The van der Waals surface area contributed by atoms with Crippen LogP contribution in [0.5, 0.6) is 0 Å². The van der Waals surface area contributed by atoms with Gasteiger partial charge < -0.3 is 15.2 Å². The Morgan fingerprint density at radius 2 is 1.94 bits per heavy atom. The zero-order valence-electron chi connectivity index (χ0n) is 11.0. The van der Waals surface area contributed by atoms with Crippen molar-refractivity contribution >= 4 is 0 Å². The maximum absolute atomic E-state index is 5.91. The molecule has 1 fully saturated rings. The van der Waals surface area contributed by atoms with Gasteiger partial charge in [-0.25, -0.2) is 0 Å². The summed E-state index contributed by atoms with van der Waals surface area (Å²) in [6.45, 7) is 12.3. The van der Waals surface area contributed by atoms with E-state index in [1.165, 1.54) is 0 Å². The van der Waals surface area contributed by atoms with Gasteiger partial charge in [0, 0.05) is 26.2 Å². The van der Waals surface area contributed by atoms with Gasteiger partial charge >= 0.3 is 0 Å². The van der Waals surface area contributed by atoms with Crippen LogP contribution in [0.4, 0.5) is 0 Å². The molecule has 1 heterocycles. The lowest BCUT2D eigenvalue weighted by atomic mass is 9.99. The zero-order chi connectivity index (χ0) is 12.2.